The highest BCUT2D eigenvalue weighted by atomic mass is 16.5. The number of hydrogen-bond donors (Lipinski definition) is 1. The van der Waals surface area contributed by atoms with Crippen LogP contribution in [-0.2, 0) is 13.0 Å². The topological polar surface area (TPSA) is 68.8 Å². The van der Waals surface area contributed by atoms with E-state index in [1.165, 1.54) is 0 Å². The van der Waals surface area contributed by atoms with Crippen LogP contribution in [0.5, 0.6) is 0 Å². The molecule has 104 valence electrons. The first-order valence-electron chi connectivity index (χ1n) is 6.65. The number of hydrogen-bond acceptors (Lipinski definition) is 5. The Labute approximate surface area is 116 Å². The number of rotatable bonds is 5. The molecule has 0 spiro atoms. The minimum absolute atomic E-state index is 0.327. The van der Waals surface area contributed by atoms with Gasteiger partial charge in [-0.1, -0.05) is 23.4 Å². The van der Waals surface area contributed by atoms with E-state index >= 15 is 0 Å². The van der Waals surface area contributed by atoms with E-state index in [9.17, 15) is 0 Å². The Morgan fingerprint density at radius 3 is 3.00 bits per heavy atom. The maximum Gasteiger partial charge on any atom is 0.248 e. The third kappa shape index (κ3) is 2.70. The molecule has 6 nitrogen and oxygen atoms in total. The highest BCUT2D eigenvalue weighted by Gasteiger charge is 2.10. The molecule has 3 aromatic rings. The number of likely N-dealkylation sites (N-methyl/N-ethyl adjacent to an activating group) is 1. The lowest BCUT2D eigenvalue weighted by molar-refractivity contribution is 0.360. The minimum Gasteiger partial charge on any atom is -0.337 e. The van der Waals surface area contributed by atoms with E-state index in [4.69, 9.17) is 4.52 Å². The van der Waals surface area contributed by atoms with E-state index in [0.717, 1.165) is 23.1 Å². The zero-order valence-electron chi connectivity index (χ0n) is 11.6. The Morgan fingerprint density at radius 2 is 2.20 bits per heavy atom. The second-order valence-corrected chi connectivity index (χ2v) is 4.88. The summed E-state index contributed by atoms with van der Waals surface area (Å²) < 4.78 is 7.08. The Hall–Kier alpha value is -2.21. The van der Waals surface area contributed by atoms with Gasteiger partial charge in [-0.25, -0.2) is 0 Å². The van der Waals surface area contributed by atoms with Crippen molar-refractivity contribution in [2.75, 3.05) is 7.05 Å². The fraction of sp³-hybridized carbons (Fsp3) is 0.357. The summed E-state index contributed by atoms with van der Waals surface area (Å²) >= 11 is 0. The summed E-state index contributed by atoms with van der Waals surface area (Å²) in [7, 11) is 1.92. The van der Waals surface area contributed by atoms with Crippen LogP contribution in [0.1, 0.15) is 18.6 Å². The van der Waals surface area contributed by atoms with Gasteiger partial charge < -0.3 is 9.84 Å². The summed E-state index contributed by atoms with van der Waals surface area (Å²) in [6, 6.07) is 8.32. The van der Waals surface area contributed by atoms with Gasteiger partial charge in [0.15, 0.2) is 5.82 Å². The molecule has 1 atom stereocenters. The van der Waals surface area contributed by atoms with Crippen molar-refractivity contribution in [2.24, 2.45) is 0 Å². The molecule has 0 aliphatic heterocycles. The van der Waals surface area contributed by atoms with Crippen LogP contribution >= 0.6 is 0 Å². The number of aromatic nitrogens is 4. The predicted octanol–water partition coefficient (Wildman–Crippen LogP) is 1.62. The third-order valence-corrected chi connectivity index (χ3v) is 3.25. The SMILES string of the molecule is CNC(C)Cc1noc(Cn2cc3ccccc3n2)n1. The lowest BCUT2D eigenvalue weighted by Gasteiger charge is -2.04. The zero-order chi connectivity index (χ0) is 13.9. The molecule has 6 heteroatoms. The molecule has 0 radical (unpaired) electrons. The Kier molecular flexibility index (Phi) is 3.47. The fourth-order valence-electron chi connectivity index (χ4n) is 2.05. The summed E-state index contributed by atoms with van der Waals surface area (Å²) in [5.41, 5.74) is 0.969. The Bertz CT molecular complexity index is 669. The van der Waals surface area contributed by atoms with Crippen LogP contribution < -0.4 is 5.32 Å². The monoisotopic (exact) mass is 271 g/mol. The summed E-state index contributed by atoms with van der Waals surface area (Å²) in [4.78, 5) is 4.39. The van der Waals surface area contributed by atoms with Gasteiger partial charge in [-0.2, -0.15) is 10.1 Å². The van der Waals surface area contributed by atoms with Gasteiger partial charge in [0.1, 0.15) is 6.54 Å². The number of nitrogens with one attached hydrogen (secondary N) is 1. The predicted molar refractivity (Wildman–Crippen MR) is 75.4 cm³/mol. The van der Waals surface area contributed by atoms with Gasteiger partial charge in [0.2, 0.25) is 5.89 Å². The number of nitrogens with zero attached hydrogens (tertiary/aromatic N) is 4. The molecule has 1 unspecified atom stereocenters. The lowest BCUT2D eigenvalue weighted by atomic mass is 10.2. The molecule has 0 aliphatic rings. The van der Waals surface area contributed by atoms with Crippen molar-refractivity contribution in [1.29, 1.82) is 0 Å². The normalized spacial score (nSPS) is 12.9. The van der Waals surface area contributed by atoms with Gasteiger partial charge in [0, 0.05) is 24.0 Å². The standard InChI is InChI=1S/C14H17N5O/c1-10(15-2)7-13-16-14(20-18-13)9-19-8-11-5-3-4-6-12(11)17-19/h3-6,8,10,15H,7,9H2,1-2H3. The van der Waals surface area contributed by atoms with Crippen LogP contribution in [0.3, 0.4) is 0 Å². The van der Waals surface area contributed by atoms with Crippen molar-refractivity contribution >= 4 is 10.9 Å². The van der Waals surface area contributed by atoms with Gasteiger partial charge in [-0.05, 0) is 20.0 Å². The van der Waals surface area contributed by atoms with E-state index in [2.05, 4.69) is 27.5 Å². The van der Waals surface area contributed by atoms with Crippen molar-refractivity contribution in [3.8, 4) is 0 Å². The summed E-state index contributed by atoms with van der Waals surface area (Å²) in [6.07, 6.45) is 2.73. The molecule has 0 amide bonds. The molecule has 2 aromatic heterocycles. The van der Waals surface area contributed by atoms with Crippen LogP contribution in [0.4, 0.5) is 0 Å². The minimum atomic E-state index is 0.327. The zero-order valence-corrected chi connectivity index (χ0v) is 11.6. The smallest absolute Gasteiger partial charge is 0.248 e. The van der Waals surface area contributed by atoms with Gasteiger partial charge in [-0.15, -0.1) is 0 Å². The average Bonchev–Trinajstić information content (AvgIpc) is 3.05. The second-order valence-electron chi connectivity index (χ2n) is 4.88. The fourth-order valence-corrected chi connectivity index (χ4v) is 2.05. The number of fused-ring (bicyclic) bond motifs is 1. The lowest BCUT2D eigenvalue weighted by Crippen LogP contribution is -2.24. The van der Waals surface area contributed by atoms with Crippen LogP contribution in [0.2, 0.25) is 0 Å². The highest BCUT2D eigenvalue weighted by molar-refractivity contribution is 5.77. The Balaban J connectivity index is 1.74. The van der Waals surface area contributed by atoms with Gasteiger partial charge in [-0.3, -0.25) is 4.68 Å². The highest BCUT2D eigenvalue weighted by Crippen LogP contribution is 2.12. The first kappa shape index (κ1) is 12.8. The maximum absolute atomic E-state index is 5.26. The van der Waals surface area contributed by atoms with E-state index in [1.54, 1.807) is 0 Å². The molecular formula is C14H17N5O. The van der Waals surface area contributed by atoms with E-state index in [0.29, 0.717) is 18.5 Å². The van der Waals surface area contributed by atoms with Crippen LogP contribution in [0, 0.1) is 0 Å². The molecule has 2 heterocycles. The van der Waals surface area contributed by atoms with Crippen LogP contribution in [-0.4, -0.2) is 33.0 Å². The van der Waals surface area contributed by atoms with Gasteiger partial charge >= 0.3 is 0 Å². The molecule has 3 rings (SSSR count). The first-order valence-corrected chi connectivity index (χ1v) is 6.65. The van der Waals surface area contributed by atoms with Crippen molar-refractivity contribution in [3.63, 3.8) is 0 Å². The summed E-state index contributed by atoms with van der Waals surface area (Å²) in [5.74, 6) is 1.30. The van der Waals surface area contributed by atoms with Crippen LogP contribution in [0.25, 0.3) is 10.9 Å². The van der Waals surface area contributed by atoms with Crippen molar-refractivity contribution in [2.45, 2.75) is 25.9 Å². The molecule has 0 fully saturated rings. The molecule has 0 bridgehead atoms. The van der Waals surface area contributed by atoms with Crippen molar-refractivity contribution in [3.05, 3.63) is 42.2 Å². The van der Waals surface area contributed by atoms with E-state index < -0.39 is 0 Å². The van der Waals surface area contributed by atoms with E-state index in [1.807, 2.05) is 42.2 Å². The first-order chi connectivity index (χ1) is 9.74. The average molecular weight is 271 g/mol. The van der Waals surface area contributed by atoms with Crippen molar-refractivity contribution in [1.82, 2.24) is 25.2 Å². The quantitative estimate of drug-likeness (QED) is 0.763. The molecule has 0 aliphatic carbocycles. The largest absolute Gasteiger partial charge is 0.337 e. The van der Waals surface area contributed by atoms with Crippen molar-refractivity contribution < 1.29 is 4.52 Å². The maximum atomic E-state index is 5.26. The molecule has 1 N–H and O–H groups in total. The molecule has 0 saturated heterocycles. The molecule has 20 heavy (non-hydrogen) atoms. The van der Waals surface area contributed by atoms with Gasteiger partial charge in [0.25, 0.3) is 0 Å². The second kappa shape index (κ2) is 5.42. The molecule has 0 saturated carbocycles. The van der Waals surface area contributed by atoms with E-state index in [-0.39, 0.29) is 0 Å². The third-order valence-electron chi connectivity index (χ3n) is 3.25. The summed E-state index contributed by atoms with van der Waals surface area (Å²) in [5, 5.41) is 12.7. The molecular weight excluding hydrogens is 254 g/mol. The van der Waals surface area contributed by atoms with Crippen LogP contribution in [0.15, 0.2) is 35.0 Å². The number of benzene rings is 1. The Morgan fingerprint density at radius 1 is 1.35 bits per heavy atom. The summed E-state index contributed by atoms with van der Waals surface area (Å²) in [6.45, 7) is 2.58. The molecule has 1 aromatic carbocycles. The van der Waals surface area contributed by atoms with Gasteiger partial charge in [0.05, 0.1) is 5.52 Å².